The van der Waals surface area contributed by atoms with Gasteiger partial charge in [-0.15, -0.1) is 0 Å². The highest BCUT2D eigenvalue weighted by molar-refractivity contribution is 6.36. The van der Waals surface area contributed by atoms with Gasteiger partial charge in [-0.2, -0.15) is 0 Å². The predicted octanol–water partition coefficient (Wildman–Crippen LogP) is 9.84. The maximum absolute atomic E-state index is 15.0. The number of benzene rings is 6. The zero-order chi connectivity index (χ0) is 25.1. The number of hydrogen-bond acceptors (Lipinski definition) is 0. The van der Waals surface area contributed by atoms with E-state index in [2.05, 4.69) is 80.6 Å². The molecule has 0 heterocycles. The molecule has 0 aliphatic heterocycles. The molecule has 8 rings (SSSR count). The van der Waals surface area contributed by atoms with Crippen molar-refractivity contribution >= 4 is 49.2 Å². The molecule has 2 aliphatic rings. The van der Waals surface area contributed by atoms with E-state index in [1.54, 1.807) is 0 Å². The van der Waals surface area contributed by atoms with Crippen LogP contribution in [0.5, 0.6) is 0 Å². The molecule has 0 aromatic heterocycles. The van der Waals surface area contributed by atoms with Crippen LogP contribution in [0, 0.1) is 11.6 Å². The Morgan fingerprint density at radius 3 is 2.16 bits per heavy atom. The minimum absolute atomic E-state index is 0.178. The van der Waals surface area contributed by atoms with Crippen molar-refractivity contribution in [1.29, 1.82) is 0 Å². The molecule has 0 nitrogen and oxygen atoms in total. The fourth-order valence-corrected chi connectivity index (χ4v) is 7.21. The van der Waals surface area contributed by atoms with Gasteiger partial charge in [0.15, 0.2) is 11.6 Å². The van der Waals surface area contributed by atoms with Crippen LogP contribution < -0.4 is 0 Å². The van der Waals surface area contributed by atoms with Gasteiger partial charge in [0.25, 0.3) is 0 Å². The van der Waals surface area contributed by atoms with Gasteiger partial charge < -0.3 is 0 Å². The third kappa shape index (κ3) is 2.56. The Hall–Kier alpha value is -4.04. The van der Waals surface area contributed by atoms with Crippen molar-refractivity contribution in [2.75, 3.05) is 0 Å². The third-order valence-corrected chi connectivity index (χ3v) is 8.83. The molecule has 0 N–H and O–H groups in total. The molecular weight excluding hydrogens is 458 g/mol. The highest BCUT2D eigenvalue weighted by Gasteiger charge is 2.37. The Labute approximate surface area is 213 Å². The van der Waals surface area contributed by atoms with Crippen LogP contribution in [0.2, 0.25) is 0 Å². The number of hydrogen-bond donors (Lipinski definition) is 0. The number of rotatable bonds is 0. The Morgan fingerprint density at radius 2 is 1.35 bits per heavy atom. The summed E-state index contributed by atoms with van der Waals surface area (Å²) in [5.41, 5.74) is 7.21. The van der Waals surface area contributed by atoms with Crippen molar-refractivity contribution < 1.29 is 8.78 Å². The molecule has 0 radical (unpaired) electrons. The van der Waals surface area contributed by atoms with E-state index in [4.69, 9.17) is 0 Å². The predicted molar refractivity (Wildman–Crippen MR) is 151 cm³/mol. The Morgan fingerprint density at radius 1 is 0.649 bits per heavy atom. The van der Waals surface area contributed by atoms with Crippen LogP contribution in [0.4, 0.5) is 8.78 Å². The molecule has 0 fully saturated rings. The average molecular weight is 483 g/mol. The minimum Gasteiger partial charge on any atom is -0.204 e. The summed E-state index contributed by atoms with van der Waals surface area (Å²) in [5.74, 6) is -1.61. The summed E-state index contributed by atoms with van der Waals surface area (Å²) < 4.78 is 29.9. The van der Waals surface area contributed by atoms with E-state index in [1.165, 1.54) is 45.3 Å². The molecule has 0 saturated heterocycles. The highest BCUT2D eigenvalue weighted by atomic mass is 19.2. The quantitative estimate of drug-likeness (QED) is 0.189. The summed E-state index contributed by atoms with van der Waals surface area (Å²) >= 11 is 0. The summed E-state index contributed by atoms with van der Waals surface area (Å²) in [5, 5.41) is 8.13. The minimum atomic E-state index is -0.807. The standard InChI is InChI=1S/C35H24F2/c1-35(2)27-14-8-7-13-23(27)34-28(35)16-15-24-31-21-11-5-3-9-19(21)20-10-4-6-12-22(20)32(31)25-17-29(36)30(37)18-26(25)33(24)34/h4-8,10-18H,3,9H2,1-2H3. The molecule has 2 heteroatoms. The van der Waals surface area contributed by atoms with Gasteiger partial charge in [-0.1, -0.05) is 86.7 Å². The van der Waals surface area contributed by atoms with Crippen LogP contribution in [0.1, 0.15) is 42.5 Å². The lowest BCUT2D eigenvalue weighted by Gasteiger charge is -2.24. The lowest BCUT2D eigenvalue weighted by molar-refractivity contribution is 0.511. The van der Waals surface area contributed by atoms with E-state index < -0.39 is 11.6 Å². The smallest absolute Gasteiger partial charge is 0.159 e. The second-order valence-electron chi connectivity index (χ2n) is 11.0. The maximum atomic E-state index is 15.0. The molecule has 0 unspecified atom stereocenters. The maximum Gasteiger partial charge on any atom is 0.159 e. The summed E-state index contributed by atoms with van der Waals surface area (Å²) in [6.45, 7) is 4.51. The Bertz CT molecular complexity index is 2020. The van der Waals surface area contributed by atoms with Crippen molar-refractivity contribution in [1.82, 2.24) is 0 Å². The number of fused-ring (bicyclic) bond motifs is 15. The summed E-state index contributed by atoms with van der Waals surface area (Å²) in [6.07, 6.45) is 6.46. The number of aryl methyl sites for hydroxylation is 1. The van der Waals surface area contributed by atoms with Crippen LogP contribution in [0.15, 0.2) is 78.9 Å². The van der Waals surface area contributed by atoms with E-state index >= 15 is 0 Å². The second-order valence-corrected chi connectivity index (χ2v) is 11.0. The lowest BCUT2D eigenvalue weighted by Crippen LogP contribution is -2.14. The number of halogens is 2. The largest absolute Gasteiger partial charge is 0.204 e. The van der Waals surface area contributed by atoms with Crippen LogP contribution in [-0.2, 0) is 11.8 Å². The molecule has 6 aromatic carbocycles. The molecule has 6 aromatic rings. The van der Waals surface area contributed by atoms with Crippen LogP contribution in [0.25, 0.3) is 60.3 Å². The van der Waals surface area contributed by atoms with Gasteiger partial charge in [-0.25, -0.2) is 8.78 Å². The third-order valence-electron chi connectivity index (χ3n) is 8.83. The summed E-state index contributed by atoms with van der Waals surface area (Å²) in [4.78, 5) is 0. The van der Waals surface area contributed by atoms with E-state index in [-0.39, 0.29) is 5.41 Å². The van der Waals surface area contributed by atoms with E-state index in [0.717, 1.165) is 56.1 Å². The Kier molecular flexibility index (Phi) is 4.01. The molecule has 0 amide bonds. The molecule has 0 bridgehead atoms. The van der Waals surface area contributed by atoms with Crippen molar-refractivity contribution in [2.24, 2.45) is 0 Å². The summed E-state index contributed by atoms with van der Waals surface area (Å²) in [7, 11) is 0. The molecular formula is C35H24F2. The lowest BCUT2D eigenvalue weighted by atomic mass is 9.79. The summed E-state index contributed by atoms with van der Waals surface area (Å²) in [6, 6.07) is 24.3. The first kappa shape index (κ1) is 21.1. The first-order valence-corrected chi connectivity index (χ1v) is 13.0. The van der Waals surface area contributed by atoms with Gasteiger partial charge >= 0.3 is 0 Å². The van der Waals surface area contributed by atoms with E-state index in [9.17, 15) is 8.78 Å². The van der Waals surface area contributed by atoms with Gasteiger partial charge in [0.05, 0.1) is 0 Å². The average Bonchev–Trinajstić information content (AvgIpc) is 3.16. The second kappa shape index (κ2) is 7.04. The van der Waals surface area contributed by atoms with Gasteiger partial charge in [-0.05, 0) is 101 Å². The van der Waals surface area contributed by atoms with Gasteiger partial charge in [0.2, 0.25) is 0 Å². The topological polar surface area (TPSA) is 0 Å². The normalized spacial score (nSPS) is 15.5. The van der Waals surface area contributed by atoms with Crippen LogP contribution in [-0.4, -0.2) is 0 Å². The highest BCUT2D eigenvalue weighted by Crippen LogP contribution is 2.54. The van der Waals surface area contributed by atoms with Gasteiger partial charge in [-0.3, -0.25) is 0 Å². The zero-order valence-electron chi connectivity index (χ0n) is 20.8. The molecule has 0 atom stereocenters. The fourth-order valence-electron chi connectivity index (χ4n) is 7.21. The molecule has 0 saturated carbocycles. The molecule has 2 aliphatic carbocycles. The van der Waals surface area contributed by atoms with Crippen molar-refractivity contribution in [3.05, 3.63) is 113 Å². The molecule has 0 spiro atoms. The van der Waals surface area contributed by atoms with Crippen molar-refractivity contribution in [3.8, 4) is 11.1 Å². The molecule has 37 heavy (non-hydrogen) atoms. The van der Waals surface area contributed by atoms with Gasteiger partial charge in [0.1, 0.15) is 0 Å². The number of allylic oxidation sites excluding steroid dienone is 1. The molecule has 178 valence electrons. The van der Waals surface area contributed by atoms with Crippen LogP contribution >= 0.6 is 0 Å². The Balaban J connectivity index is 1.74. The zero-order valence-corrected chi connectivity index (χ0v) is 20.8. The first-order chi connectivity index (χ1) is 18.0. The van der Waals surface area contributed by atoms with E-state index in [1.807, 2.05) is 6.07 Å². The van der Waals surface area contributed by atoms with Crippen LogP contribution in [0.3, 0.4) is 0 Å². The fraction of sp³-hybridized carbons (Fsp3) is 0.143. The van der Waals surface area contributed by atoms with Crippen molar-refractivity contribution in [2.45, 2.75) is 32.1 Å². The first-order valence-electron chi connectivity index (χ1n) is 13.0. The van der Waals surface area contributed by atoms with Gasteiger partial charge in [0, 0.05) is 5.41 Å². The monoisotopic (exact) mass is 482 g/mol. The van der Waals surface area contributed by atoms with Crippen molar-refractivity contribution in [3.63, 3.8) is 0 Å². The van der Waals surface area contributed by atoms with E-state index in [0.29, 0.717) is 0 Å². The SMILES string of the molecule is CC1(C)c2ccccc2-c2c1ccc1c2c2cc(F)c(F)cc2c2c3ccccc3c3c(c12)C=CCC3.